The van der Waals surface area contributed by atoms with Crippen molar-refractivity contribution in [2.75, 3.05) is 7.05 Å². The molecule has 1 aromatic rings. The summed E-state index contributed by atoms with van der Waals surface area (Å²) in [4.78, 5) is 2.11. The van der Waals surface area contributed by atoms with Gasteiger partial charge in [-0.05, 0) is 50.0 Å². The van der Waals surface area contributed by atoms with E-state index in [1.807, 2.05) is 31.5 Å². The van der Waals surface area contributed by atoms with Crippen LogP contribution in [0.4, 0.5) is 13.2 Å². The summed E-state index contributed by atoms with van der Waals surface area (Å²) in [5.41, 5.74) is 6.11. The number of rotatable bonds is 3. The maximum Gasteiger partial charge on any atom is 0.394 e. The number of fused-ring (bicyclic) bond motifs is 1. The quantitative estimate of drug-likeness (QED) is 0.547. The van der Waals surface area contributed by atoms with Gasteiger partial charge in [0.25, 0.3) is 0 Å². The van der Waals surface area contributed by atoms with Crippen molar-refractivity contribution in [1.29, 1.82) is 0 Å². The number of halogens is 3. The van der Waals surface area contributed by atoms with Gasteiger partial charge in [0.05, 0.1) is 11.1 Å². The first-order valence-corrected chi connectivity index (χ1v) is 9.60. The lowest BCUT2D eigenvalue weighted by Crippen LogP contribution is -2.32. The van der Waals surface area contributed by atoms with E-state index in [0.717, 1.165) is 16.8 Å². The van der Waals surface area contributed by atoms with Crippen LogP contribution in [0.3, 0.4) is 0 Å². The van der Waals surface area contributed by atoms with Crippen molar-refractivity contribution in [3.63, 3.8) is 0 Å². The molecular weight excluding hydrogens is 359 g/mol. The van der Waals surface area contributed by atoms with Crippen LogP contribution in [0, 0.1) is 32.1 Å². The van der Waals surface area contributed by atoms with Crippen LogP contribution in [0.15, 0.2) is 53.8 Å². The van der Waals surface area contributed by atoms with Crippen LogP contribution in [-0.4, -0.2) is 18.1 Å². The van der Waals surface area contributed by atoms with Gasteiger partial charge in [-0.25, -0.2) is 0 Å². The van der Waals surface area contributed by atoms with Gasteiger partial charge in [0, 0.05) is 24.7 Å². The smallest absolute Gasteiger partial charge is 0.351 e. The van der Waals surface area contributed by atoms with Crippen LogP contribution >= 0.6 is 0 Å². The SMILES string of the molecule is Cc1cc(C)c(C)c(C2=C3C=CC(CC(C)(C)C(F)(F)F)=CC3C=CN2C)c1. The molecule has 0 fully saturated rings. The van der Waals surface area contributed by atoms with Crippen molar-refractivity contribution in [2.24, 2.45) is 11.3 Å². The Morgan fingerprint density at radius 1 is 1.04 bits per heavy atom. The van der Waals surface area contributed by atoms with E-state index in [2.05, 4.69) is 43.9 Å². The Balaban J connectivity index is 2.02. The van der Waals surface area contributed by atoms with Gasteiger partial charge in [-0.1, -0.05) is 55.4 Å². The molecule has 2 aliphatic rings. The third kappa shape index (κ3) is 3.69. The summed E-state index contributed by atoms with van der Waals surface area (Å²) in [5.74, 6) is -0.00421. The molecule has 0 N–H and O–H groups in total. The first-order valence-electron chi connectivity index (χ1n) is 9.60. The predicted molar refractivity (Wildman–Crippen MR) is 110 cm³/mol. The zero-order valence-electron chi connectivity index (χ0n) is 17.4. The van der Waals surface area contributed by atoms with E-state index >= 15 is 0 Å². The Morgan fingerprint density at radius 2 is 1.71 bits per heavy atom. The monoisotopic (exact) mass is 387 g/mol. The van der Waals surface area contributed by atoms with E-state index < -0.39 is 11.6 Å². The van der Waals surface area contributed by atoms with Crippen molar-refractivity contribution in [1.82, 2.24) is 4.90 Å². The minimum Gasteiger partial charge on any atom is -0.351 e. The number of nitrogens with zero attached hydrogens (tertiary/aromatic N) is 1. The van der Waals surface area contributed by atoms with Crippen molar-refractivity contribution in [3.8, 4) is 0 Å². The third-order valence-corrected chi connectivity index (χ3v) is 5.85. The summed E-state index contributed by atoms with van der Waals surface area (Å²) < 4.78 is 39.9. The van der Waals surface area contributed by atoms with Crippen LogP contribution in [0.2, 0.25) is 0 Å². The fourth-order valence-corrected chi connectivity index (χ4v) is 3.94. The van der Waals surface area contributed by atoms with E-state index in [9.17, 15) is 13.2 Å². The average molecular weight is 387 g/mol. The number of allylic oxidation sites excluding steroid dienone is 6. The second kappa shape index (κ2) is 6.98. The molecule has 0 aromatic heterocycles. The van der Waals surface area contributed by atoms with Crippen LogP contribution in [0.25, 0.3) is 5.70 Å². The second-order valence-corrected chi connectivity index (χ2v) is 8.67. The Hall–Kier alpha value is -2.23. The van der Waals surface area contributed by atoms with Crippen LogP contribution in [0.1, 0.15) is 42.5 Å². The lowest BCUT2D eigenvalue weighted by Gasteiger charge is -2.33. The standard InChI is InChI=1S/C24H28F3N/c1-15-11-16(2)17(3)21(12-15)22-20-8-7-18(13-19(20)9-10-28(22)6)14-23(4,5)24(25,26)27/h7-13,19H,14H2,1-6H3. The Bertz CT molecular complexity index is 911. The van der Waals surface area contributed by atoms with Crippen LogP contribution < -0.4 is 0 Å². The van der Waals surface area contributed by atoms with Crippen LogP contribution in [-0.2, 0) is 0 Å². The number of hydrogen-bond donors (Lipinski definition) is 0. The van der Waals surface area contributed by atoms with Gasteiger partial charge in [0.2, 0.25) is 0 Å². The van der Waals surface area contributed by atoms with E-state index in [-0.39, 0.29) is 12.3 Å². The largest absolute Gasteiger partial charge is 0.394 e. The van der Waals surface area contributed by atoms with E-state index in [0.29, 0.717) is 0 Å². The summed E-state index contributed by atoms with van der Waals surface area (Å²) in [6, 6.07) is 4.37. The molecular formula is C24H28F3N. The Labute approximate surface area is 165 Å². The molecule has 0 bridgehead atoms. The summed E-state index contributed by atoms with van der Waals surface area (Å²) in [5, 5.41) is 0. The molecule has 1 heterocycles. The number of benzene rings is 1. The van der Waals surface area contributed by atoms with Gasteiger partial charge in [0.15, 0.2) is 0 Å². The van der Waals surface area contributed by atoms with Crippen molar-refractivity contribution in [2.45, 2.75) is 47.2 Å². The van der Waals surface area contributed by atoms with E-state index in [4.69, 9.17) is 0 Å². The number of alkyl halides is 3. The molecule has 0 spiro atoms. The summed E-state index contributed by atoms with van der Waals surface area (Å²) >= 11 is 0. The van der Waals surface area contributed by atoms with Crippen molar-refractivity contribution in [3.05, 3.63) is 76.0 Å². The van der Waals surface area contributed by atoms with Gasteiger partial charge in [-0.2, -0.15) is 13.2 Å². The third-order valence-electron chi connectivity index (χ3n) is 5.85. The highest BCUT2D eigenvalue weighted by atomic mass is 19.4. The minimum absolute atomic E-state index is 0.00421. The van der Waals surface area contributed by atoms with Crippen molar-refractivity contribution >= 4 is 5.70 Å². The Kier molecular flexibility index (Phi) is 5.11. The van der Waals surface area contributed by atoms with Gasteiger partial charge in [-0.3, -0.25) is 0 Å². The molecule has 1 aliphatic carbocycles. The topological polar surface area (TPSA) is 3.24 Å². The molecule has 0 saturated carbocycles. The molecule has 1 unspecified atom stereocenters. The maximum absolute atomic E-state index is 13.3. The summed E-state index contributed by atoms with van der Waals surface area (Å²) in [6.45, 7) is 8.86. The molecule has 3 rings (SSSR count). The zero-order valence-corrected chi connectivity index (χ0v) is 17.4. The highest BCUT2D eigenvalue weighted by Crippen LogP contribution is 2.45. The minimum atomic E-state index is -4.22. The molecule has 1 atom stereocenters. The fraction of sp³-hybridized carbons (Fsp3) is 0.417. The predicted octanol–water partition coefficient (Wildman–Crippen LogP) is 6.87. The molecule has 4 heteroatoms. The number of aryl methyl sites for hydroxylation is 2. The van der Waals surface area contributed by atoms with E-state index in [1.54, 1.807) is 0 Å². The molecule has 28 heavy (non-hydrogen) atoms. The van der Waals surface area contributed by atoms with Crippen LogP contribution in [0.5, 0.6) is 0 Å². The molecule has 0 amide bonds. The normalized spacial score (nSPS) is 19.8. The highest BCUT2D eigenvalue weighted by molar-refractivity contribution is 5.76. The lowest BCUT2D eigenvalue weighted by molar-refractivity contribution is -0.210. The first kappa shape index (κ1) is 20.5. The summed E-state index contributed by atoms with van der Waals surface area (Å²) in [7, 11) is 2.02. The lowest BCUT2D eigenvalue weighted by atomic mass is 9.79. The molecule has 1 aromatic carbocycles. The van der Waals surface area contributed by atoms with E-state index in [1.165, 1.54) is 36.1 Å². The average Bonchev–Trinajstić information content (AvgIpc) is 2.57. The maximum atomic E-state index is 13.3. The molecule has 1 aliphatic heterocycles. The molecule has 1 nitrogen and oxygen atoms in total. The van der Waals surface area contributed by atoms with Gasteiger partial charge < -0.3 is 4.90 Å². The van der Waals surface area contributed by atoms with Crippen molar-refractivity contribution < 1.29 is 13.2 Å². The molecule has 0 saturated heterocycles. The van der Waals surface area contributed by atoms with Gasteiger partial charge in [-0.15, -0.1) is 0 Å². The summed E-state index contributed by atoms with van der Waals surface area (Å²) in [6.07, 6.45) is 5.66. The fourth-order valence-electron chi connectivity index (χ4n) is 3.94. The zero-order chi connectivity index (χ0) is 20.9. The Morgan fingerprint density at radius 3 is 2.36 bits per heavy atom. The molecule has 0 radical (unpaired) electrons. The second-order valence-electron chi connectivity index (χ2n) is 8.67. The first-order chi connectivity index (χ1) is 12.9. The van der Waals surface area contributed by atoms with Gasteiger partial charge in [0.1, 0.15) is 0 Å². The molecule has 150 valence electrons. The van der Waals surface area contributed by atoms with Gasteiger partial charge >= 0.3 is 6.18 Å². The highest BCUT2D eigenvalue weighted by Gasteiger charge is 2.47. The number of hydrogen-bond acceptors (Lipinski definition) is 1.